The van der Waals surface area contributed by atoms with E-state index in [4.69, 9.17) is 9.47 Å². The van der Waals surface area contributed by atoms with Gasteiger partial charge in [0.2, 0.25) is 0 Å². The number of benzene rings is 3. The van der Waals surface area contributed by atoms with Gasteiger partial charge in [0.25, 0.3) is 0 Å². The molecule has 4 rings (SSSR count). The number of carbonyl (C=O) groups is 2. The molecule has 0 saturated carbocycles. The van der Waals surface area contributed by atoms with E-state index in [1.807, 2.05) is 48.5 Å². The Kier molecular flexibility index (Phi) is 7.68. The van der Waals surface area contributed by atoms with Gasteiger partial charge in [0.15, 0.2) is 11.5 Å². The molecule has 188 valence electrons. The van der Waals surface area contributed by atoms with Crippen LogP contribution in [0, 0.1) is 0 Å². The number of nitrogens with one attached hydrogen (secondary N) is 1. The van der Waals surface area contributed by atoms with Crippen LogP contribution in [0.25, 0.3) is 11.1 Å². The molecule has 7 nitrogen and oxygen atoms in total. The maximum atomic E-state index is 12.6. The Balaban J connectivity index is 1.42. The standard InChI is InChI=1S/C27H25F2NO6/c1-2-34-24-14-16(11-12-23(24)36-26(28)29)13-22(25(31)32)30-27(33)35-15-21-19-9-5-3-7-17(19)18-8-4-6-10-20(18)21/h3-12,14,21-22,26H,2,13,15H2,1H3,(H,30,33)(H,31,32). The van der Waals surface area contributed by atoms with Crippen molar-refractivity contribution in [2.45, 2.75) is 31.9 Å². The number of rotatable bonds is 10. The van der Waals surface area contributed by atoms with Gasteiger partial charge >= 0.3 is 18.7 Å². The van der Waals surface area contributed by atoms with Gasteiger partial charge in [-0.05, 0) is 46.9 Å². The zero-order valence-electron chi connectivity index (χ0n) is 19.4. The average molecular weight is 497 g/mol. The average Bonchev–Trinajstić information content (AvgIpc) is 3.17. The van der Waals surface area contributed by atoms with Crippen LogP contribution in [0.1, 0.15) is 29.5 Å². The number of alkyl halides is 2. The molecule has 3 aromatic carbocycles. The van der Waals surface area contributed by atoms with E-state index >= 15 is 0 Å². The molecule has 1 aliphatic carbocycles. The van der Waals surface area contributed by atoms with Crippen molar-refractivity contribution in [3.05, 3.63) is 83.4 Å². The molecule has 36 heavy (non-hydrogen) atoms. The number of carbonyl (C=O) groups excluding carboxylic acids is 1. The van der Waals surface area contributed by atoms with Gasteiger partial charge in [-0.1, -0.05) is 54.6 Å². The second kappa shape index (κ2) is 11.1. The third-order valence-corrected chi connectivity index (χ3v) is 5.90. The van der Waals surface area contributed by atoms with E-state index in [9.17, 15) is 23.5 Å². The van der Waals surface area contributed by atoms with Crippen molar-refractivity contribution in [1.29, 1.82) is 0 Å². The number of halogens is 2. The lowest BCUT2D eigenvalue weighted by Gasteiger charge is -2.18. The van der Waals surface area contributed by atoms with E-state index in [-0.39, 0.29) is 37.1 Å². The molecule has 1 aliphatic rings. The predicted octanol–water partition coefficient (Wildman–Crippen LogP) is 5.22. The molecule has 1 amide bonds. The predicted molar refractivity (Wildman–Crippen MR) is 128 cm³/mol. The summed E-state index contributed by atoms with van der Waals surface area (Å²) in [6, 6.07) is 18.6. The highest BCUT2D eigenvalue weighted by Crippen LogP contribution is 2.44. The van der Waals surface area contributed by atoms with Gasteiger partial charge in [0, 0.05) is 12.3 Å². The third-order valence-electron chi connectivity index (χ3n) is 5.90. The van der Waals surface area contributed by atoms with Crippen LogP contribution in [-0.4, -0.2) is 43.0 Å². The molecule has 0 radical (unpaired) electrons. The van der Waals surface area contributed by atoms with Gasteiger partial charge in [-0.25, -0.2) is 9.59 Å². The maximum Gasteiger partial charge on any atom is 0.407 e. The molecule has 1 atom stereocenters. The van der Waals surface area contributed by atoms with E-state index in [0.29, 0.717) is 5.56 Å². The first-order valence-corrected chi connectivity index (χ1v) is 11.4. The van der Waals surface area contributed by atoms with Crippen LogP contribution in [0.3, 0.4) is 0 Å². The lowest BCUT2D eigenvalue weighted by Crippen LogP contribution is -2.42. The molecule has 0 saturated heterocycles. The quantitative estimate of drug-likeness (QED) is 0.399. The Morgan fingerprint density at radius 3 is 2.19 bits per heavy atom. The number of amides is 1. The second-order valence-corrected chi connectivity index (χ2v) is 8.16. The number of carboxylic acids is 1. The maximum absolute atomic E-state index is 12.6. The smallest absolute Gasteiger partial charge is 0.407 e. The van der Waals surface area contributed by atoms with Crippen LogP contribution in [0.4, 0.5) is 13.6 Å². The molecule has 9 heteroatoms. The van der Waals surface area contributed by atoms with Gasteiger partial charge in [0.05, 0.1) is 6.61 Å². The second-order valence-electron chi connectivity index (χ2n) is 8.16. The highest BCUT2D eigenvalue weighted by molar-refractivity contribution is 5.81. The molecule has 3 aromatic rings. The van der Waals surface area contributed by atoms with Crippen molar-refractivity contribution in [2.75, 3.05) is 13.2 Å². The van der Waals surface area contributed by atoms with Crippen molar-refractivity contribution >= 4 is 12.1 Å². The Morgan fingerprint density at radius 1 is 0.972 bits per heavy atom. The zero-order valence-corrected chi connectivity index (χ0v) is 19.4. The number of aliphatic carboxylic acids is 1. The van der Waals surface area contributed by atoms with Crippen LogP contribution in [0.2, 0.25) is 0 Å². The van der Waals surface area contributed by atoms with Crippen molar-refractivity contribution in [3.63, 3.8) is 0 Å². The van der Waals surface area contributed by atoms with E-state index in [1.165, 1.54) is 18.2 Å². The fraction of sp³-hybridized carbons (Fsp3) is 0.259. The first-order valence-electron chi connectivity index (χ1n) is 11.4. The van der Waals surface area contributed by atoms with E-state index in [2.05, 4.69) is 10.1 Å². The molecule has 0 fully saturated rings. The minimum absolute atomic E-state index is 0.0420. The fourth-order valence-electron chi connectivity index (χ4n) is 4.36. The van der Waals surface area contributed by atoms with E-state index in [0.717, 1.165) is 22.3 Å². The Labute approximate surface area is 206 Å². The third kappa shape index (κ3) is 5.56. The van der Waals surface area contributed by atoms with Gasteiger partial charge in [-0.15, -0.1) is 0 Å². The highest BCUT2D eigenvalue weighted by Gasteiger charge is 2.30. The molecule has 1 unspecified atom stereocenters. The molecule has 0 aliphatic heterocycles. The summed E-state index contributed by atoms with van der Waals surface area (Å²) in [4.78, 5) is 24.4. The van der Waals surface area contributed by atoms with Crippen molar-refractivity contribution in [3.8, 4) is 22.6 Å². The van der Waals surface area contributed by atoms with Crippen molar-refractivity contribution in [1.82, 2.24) is 5.32 Å². The van der Waals surface area contributed by atoms with Crippen LogP contribution >= 0.6 is 0 Å². The van der Waals surface area contributed by atoms with Crippen LogP contribution in [0.5, 0.6) is 11.5 Å². The minimum atomic E-state index is -3.03. The van der Waals surface area contributed by atoms with Crippen LogP contribution < -0.4 is 14.8 Å². The number of hydrogen-bond donors (Lipinski definition) is 2. The minimum Gasteiger partial charge on any atom is -0.490 e. The summed E-state index contributed by atoms with van der Waals surface area (Å²) in [6.45, 7) is -1.11. The van der Waals surface area contributed by atoms with Gasteiger partial charge in [0.1, 0.15) is 12.6 Å². The SMILES string of the molecule is CCOc1cc(CC(NC(=O)OCC2c3ccccc3-c3ccccc32)C(=O)O)ccc1OC(F)F. The Morgan fingerprint density at radius 2 is 1.61 bits per heavy atom. The van der Waals surface area contributed by atoms with Gasteiger partial charge < -0.3 is 24.6 Å². The normalized spacial score (nSPS) is 13.0. The molecule has 0 spiro atoms. The molecular weight excluding hydrogens is 472 g/mol. The summed E-state index contributed by atoms with van der Waals surface area (Å²) in [5, 5.41) is 12.0. The van der Waals surface area contributed by atoms with Gasteiger partial charge in [-0.2, -0.15) is 8.78 Å². The van der Waals surface area contributed by atoms with Crippen LogP contribution in [0.15, 0.2) is 66.7 Å². The number of ether oxygens (including phenoxy) is 3. The molecule has 0 bridgehead atoms. The first kappa shape index (κ1) is 25.0. The summed E-state index contributed by atoms with van der Waals surface area (Å²) >= 11 is 0. The number of hydrogen-bond acceptors (Lipinski definition) is 5. The molecule has 0 heterocycles. The summed E-state index contributed by atoms with van der Waals surface area (Å²) < 4.78 is 40.5. The van der Waals surface area contributed by atoms with E-state index < -0.39 is 24.7 Å². The summed E-state index contributed by atoms with van der Waals surface area (Å²) in [5.74, 6) is -1.54. The monoisotopic (exact) mass is 497 g/mol. The Hall–Kier alpha value is -4.14. The number of carboxylic acid groups (broad SMARTS) is 1. The summed E-state index contributed by atoms with van der Waals surface area (Å²) in [5.41, 5.74) is 4.68. The fourth-order valence-corrected chi connectivity index (χ4v) is 4.36. The lowest BCUT2D eigenvalue weighted by molar-refractivity contribution is -0.139. The first-order chi connectivity index (χ1) is 17.4. The Bertz CT molecular complexity index is 1200. The summed E-state index contributed by atoms with van der Waals surface area (Å²) in [7, 11) is 0. The topological polar surface area (TPSA) is 94.1 Å². The molecule has 2 N–H and O–H groups in total. The highest BCUT2D eigenvalue weighted by atomic mass is 19.3. The van der Waals surface area contributed by atoms with Crippen molar-refractivity contribution < 1.29 is 37.7 Å². The zero-order chi connectivity index (χ0) is 25.7. The van der Waals surface area contributed by atoms with Gasteiger partial charge in [-0.3, -0.25) is 0 Å². The van der Waals surface area contributed by atoms with E-state index in [1.54, 1.807) is 6.92 Å². The number of fused-ring (bicyclic) bond motifs is 3. The molecule has 0 aromatic heterocycles. The summed E-state index contributed by atoms with van der Waals surface area (Å²) in [6.07, 6.45) is -0.985. The largest absolute Gasteiger partial charge is 0.490 e. The van der Waals surface area contributed by atoms with Crippen molar-refractivity contribution in [2.24, 2.45) is 0 Å². The molecular formula is C27H25F2NO6. The lowest BCUT2D eigenvalue weighted by atomic mass is 9.98. The number of alkyl carbamates (subject to hydrolysis) is 1. The van der Waals surface area contributed by atoms with Crippen LogP contribution in [-0.2, 0) is 16.0 Å².